The van der Waals surface area contributed by atoms with Gasteiger partial charge in [0.25, 0.3) is 0 Å². The van der Waals surface area contributed by atoms with Crippen LogP contribution in [0.2, 0.25) is 0 Å². The third-order valence-electron chi connectivity index (χ3n) is 3.99. The van der Waals surface area contributed by atoms with Gasteiger partial charge in [0.05, 0.1) is 18.8 Å². The molecule has 2 fully saturated rings. The molecular weight excluding hydrogens is 242 g/mol. The van der Waals surface area contributed by atoms with Crippen molar-refractivity contribution in [3.8, 4) is 5.75 Å². The van der Waals surface area contributed by atoms with E-state index in [1.165, 1.54) is 0 Å². The Morgan fingerprint density at radius 3 is 2.42 bits per heavy atom. The van der Waals surface area contributed by atoms with Crippen molar-refractivity contribution in [1.82, 2.24) is 0 Å². The first-order chi connectivity index (χ1) is 9.32. The third-order valence-corrected chi connectivity index (χ3v) is 3.99. The molecule has 0 radical (unpaired) electrons. The minimum Gasteiger partial charge on any atom is -0.486 e. The summed E-state index contributed by atoms with van der Waals surface area (Å²) in [5.41, 5.74) is 0.741. The molecule has 1 saturated heterocycles. The normalized spacial score (nSPS) is 21.5. The maximum Gasteiger partial charge on any atom is 0.235 e. The van der Waals surface area contributed by atoms with E-state index in [-0.39, 0.29) is 11.6 Å². The fraction of sp³-hybridized carbons (Fsp3) is 0.533. The standard InChI is InChI=1S/C15H17NO3/c17-11-16-15(7-1-2-8-15)12-3-5-13(6-4-12)19-14-9-18-10-14/h3-6,14H,1-2,7-10H2. The first-order valence-corrected chi connectivity index (χ1v) is 6.76. The number of carbonyl (C=O) groups excluding carboxylic acids is 1. The number of isocyanates is 1. The van der Waals surface area contributed by atoms with Crippen molar-refractivity contribution >= 4 is 6.08 Å². The van der Waals surface area contributed by atoms with Crippen molar-refractivity contribution in [2.24, 2.45) is 4.99 Å². The SMILES string of the molecule is O=C=NC1(c2ccc(OC3COC3)cc2)CCCC1. The van der Waals surface area contributed by atoms with Crippen LogP contribution < -0.4 is 4.74 Å². The fourth-order valence-corrected chi connectivity index (χ4v) is 2.83. The van der Waals surface area contributed by atoms with Crippen molar-refractivity contribution in [2.75, 3.05) is 13.2 Å². The van der Waals surface area contributed by atoms with E-state index in [9.17, 15) is 4.79 Å². The summed E-state index contributed by atoms with van der Waals surface area (Å²) in [4.78, 5) is 14.7. The number of ether oxygens (including phenoxy) is 2. The minimum absolute atomic E-state index is 0.180. The molecule has 0 spiro atoms. The highest BCUT2D eigenvalue weighted by atomic mass is 16.6. The van der Waals surface area contributed by atoms with Gasteiger partial charge < -0.3 is 9.47 Å². The van der Waals surface area contributed by atoms with Gasteiger partial charge in [0.15, 0.2) is 0 Å². The lowest BCUT2D eigenvalue weighted by Crippen LogP contribution is -2.38. The lowest BCUT2D eigenvalue weighted by Gasteiger charge is -2.27. The van der Waals surface area contributed by atoms with Crippen LogP contribution in [0.1, 0.15) is 31.2 Å². The van der Waals surface area contributed by atoms with E-state index in [1.54, 1.807) is 6.08 Å². The third kappa shape index (κ3) is 2.42. The van der Waals surface area contributed by atoms with E-state index >= 15 is 0 Å². The van der Waals surface area contributed by atoms with Crippen LogP contribution in [-0.2, 0) is 15.1 Å². The second kappa shape index (κ2) is 5.16. The van der Waals surface area contributed by atoms with Crippen LogP contribution in [0.15, 0.2) is 29.3 Å². The molecule has 1 aromatic rings. The zero-order valence-electron chi connectivity index (χ0n) is 10.8. The molecule has 0 amide bonds. The van der Waals surface area contributed by atoms with Gasteiger partial charge in [-0.15, -0.1) is 0 Å². The summed E-state index contributed by atoms with van der Waals surface area (Å²) in [5.74, 6) is 0.847. The summed E-state index contributed by atoms with van der Waals surface area (Å²) < 4.78 is 10.8. The van der Waals surface area contributed by atoms with E-state index in [4.69, 9.17) is 9.47 Å². The molecule has 0 bridgehead atoms. The van der Waals surface area contributed by atoms with Gasteiger partial charge in [0.2, 0.25) is 6.08 Å². The van der Waals surface area contributed by atoms with E-state index in [1.807, 2.05) is 24.3 Å². The molecule has 0 N–H and O–H groups in total. The second-order valence-electron chi connectivity index (χ2n) is 5.24. The molecule has 1 saturated carbocycles. The Morgan fingerprint density at radius 1 is 1.21 bits per heavy atom. The Balaban J connectivity index is 1.78. The van der Waals surface area contributed by atoms with Crippen molar-refractivity contribution in [2.45, 2.75) is 37.3 Å². The largest absolute Gasteiger partial charge is 0.486 e. The zero-order chi connectivity index (χ0) is 13.1. The number of hydrogen-bond acceptors (Lipinski definition) is 4. The number of aliphatic imine (C=N–C) groups is 1. The van der Waals surface area contributed by atoms with E-state index in [0.717, 1.165) is 37.0 Å². The summed E-state index contributed by atoms with van der Waals surface area (Å²) in [6.45, 7) is 1.34. The summed E-state index contributed by atoms with van der Waals surface area (Å²) in [6.07, 6.45) is 6.01. The van der Waals surface area contributed by atoms with Gasteiger partial charge in [-0.25, -0.2) is 4.79 Å². The smallest absolute Gasteiger partial charge is 0.235 e. The van der Waals surface area contributed by atoms with Crippen molar-refractivity contribution in [3.63, 3.8) is 0 Å². The molecule has 4 heteroatoms. The van der Waals surface area contributed by atoms with Crippen LogP contribution in [0, 0.1) is 0 Å². The first-order valence-electron chi connectivity index (χ1n) is 6.76. The highest BCUT2D eigenvalue weighted by molar-refractivity contribution is 5.40. The quantitative estimate of drug-likeness (QED) is 0.616. The van der Waals surface area contributed by atoms with Crippen LogP contribution in [0.5, 0.6) is 5.75 Å². The topological polar surface area (TPSA) is 47.9 Å². The number of benzene rings is 1. The van der Waals surface area contributed by atoms with Gasteiger partial charge in [-0.3, -0.25) is 0 Å². The molecule has 1 aromatic carbocycles. The van der Waals surface area contributed by atoms with E-state index in [0.29, 0.717) is 13.2 Å². The first kappa shape index (κ1) is 12.4. The van der Waals surface area contributed by atoms with Gasteiger partial charge in [-0.2, -0.15) is 4.99 Å². The molecule has 4 nitrogen and oxygen atoms in total. The summed E-state index contributed by atoms with van der Waals surface area (Å²) in [6, 6.07) is 7.93. The van der Waals surface area contributed by atoms with Crippen LogP contribution in [0.4, 0.5) is 0 Å². The summed E-state index contributed by atoms with van der Waals surface area (Å²) >= 11 is 0. The van der Waals surface area contributed by atoms with Crippen LogP contribution in [-0.4, -0.2) is 25.4 Å². The van der Waals surface area contributed by atoms with Gasteiger partial charge in [-0.1, -0.05) is 25.0 Å². The van der Waals surface area contributed by atoms with Crippen molar-refractivity contribution in [1.29, 1.82) is 0 Å². The van der Waals surface area contributed by atoms with Gasteiger partial charge in [0, 0.05) is 0 Å². The lowest BCUT2D eigenvalue weighted by atomic mass is 9.89. The molecule has 100 valence electrons. The molecule has 3 rings (SSSR count). The van der Waals surface area contributed by atoms with Crippen LogP contribution in [0.25, 0.3) is 0 Å². The van der Waals surface area contributed by atoms with Crippen molar-refractivity contribution < 1.29 is 14.3 Å². The summed E-state index contributed by atoms with van der Waals surface area (Å²) in [7, 11) is 0. The average Bonchev–Trinajstić information content (AvgIpc) is 2.85. The monoisotopic (exact) mass is 259 g/mol. The Bertz CT molecular complexity index is 481. The van der Waals surface area contributed by atoms with Crippen LogP contribution >= 0.6 is 0 Å². The fourth-order valence-electron chi connectivity index (χ4n) is 2.83. The molecule has 0 aromatic heterocycles. The molecule has 0 unspecified atom stereocenters. The number of rotatable bonds is 4. The Labute approximate surface area is 112 Å². The Morgan fingerprint density at radius 2 is 1.89 bits per heavy atom. The van der Waals surface area contributed by atoms with Gasteiger partial charge >= 0.3 is 0 Å². The Kier molecular flexibility index (Phi) is 3.36. The van der Waals surface area contributed by atoms with Crippen molar-refractivity contribution in [3.05, 3.63) is 29.8 Å². The number of nitrogens with zero attached hydrogens (tertiary/aromatic N) is 1. The maximum atomic E-state index is 10.7. The predicted octanol–water partition coefficient (Wildman–Crippen LogP) is 2.57. The molecular formula is C15H17NO3. The molecule has 1 aliphatic carbocycles. The highest BCUT2D eigenvalue weighted by Crippen LogP contribution is 2.42. The second-order valence-corrected chi connectivity index (χ2v) is 5.24. The lowest BCUT2D eigenvalue weighted by molar-refractivity contribution is -0.0796. The summed E-state index contributed by atoms with van der Waals surface area (Å²) in [5, 5.41) is 0. The van der Waals surface area contributed by atoms with E-state index < -0.39 is 0 Å². The zero-order valence-corrected chi connectivity index (χ0v) is 10.8. The number of hydrogen-bond donors (Lipinski definition) is 0. The molecule has 19 heavy (non-hydrogen) atoms. The van der Waals surface area contributed by atoms with Gasteiger partial charge in [0.1, 0.15) is 11.9 Å². The highest BCUT2D eigenvalue weighted by Gasteiger charge is 2.35. The average molecular weight is 259 g/mol. The van der Waals surface area contributed by atoms with Crippen LogP contribution in [0.3, 0.4) is 0 Å². The minimum atomic E-state index is -0.347. The maximum absolute atomic E-state index is 10.7. The van der Waals surface area contributed by atoms with E-state index in [2.05, 4.69) is 4.99 Å². The molecule has 1 heterocycles. The Hall–Kier alpha value is -1.64. The van der Waals surface area contributed by atoms with Gasteiger partial charge in [-0.05, 0) is 30.5 Å². The molecule has 1 aliphatic heterocycles. The molecule has 2 aliphatic rings. The molecule has 0 atom stereocenters. The predicted molar refractivity (Wildman–Crippen MR) is 69.9 cm³/mol.